The molecule has 3 nitrogen and oxygen atoms in total. The van der Waals surface area contributed by atoms with Crippen LogP contribution in [0.25, 0.3) is 0 Å². The molecule has 0 fully saturated rings. The first kappa shape index (κ1) is 17.8. The first-order valence-corrected chi connectivity index (χ1v) is 8.16. The van der Waals surface area contributed by atoms with Crippen LogP contribution in [0.5, 0.6) is 5.75 Å². The average Bonchev–Trinajstić information content (AvgIpc) is 2.91. The van der Waals surface area contributed by atoms with E-state index in [1.54, 1.807) is 18.2 Å². The number of ether oxygens (including phenoxy) is 1. The van der Waals surface area contributed by atoms with Gasteiger partial charge in [0.15, 0.2) is 6.61 Å². The number of fused-ring (bicyclic) bond motifs is 1. The van der Waals surface area contributed by atoms with E-state index in [0.717, 1.165) is 23.1 Å². The summed E-state index contributed by atoms with van der Waals surface area (Å²) in [5.74, 6) is 0.182. The summed E-state index contributed by atoms with van der Waals surface area (Å²) in [6.07, 6.45) is -2.85. The summed E-state index contributed by atoms with van der Waals surface area (Å²) >= 11 is 0. The second kappa shape index (κ2) is 7.06. The molecule has 0 saturated carbocycles. The van der Waals surface area contributed by atoms with Gasteiger partial charge in [-0.15, -0.1) is 0 Å². The van der Waals surface area contributed by atoms with Gasteiger partial charge in [-0.25, -0.2) is 0 Å². The number of hydrogen-bond donors (Lipinski definition) is 2. The molecule has 1 aliphatic rings. The normalized spacial score (nSPS) is 19.7. The van der Waals surface area contributed by atoms with Crippen molar-refractivity contribution in [1.29, 1.82) is 0 Å². The second-order valence-corrected chi connectivity index (χ2v) is 6.34. The Morgan fingerprint density at radius 2 is 1.92 bits per heavy atom. The van der Waals surface area contributed by atoms with E-state index < -0.39 is 18.4 Å². The molecule has 2 N–H and O–H groups in total. The molecule has 134 valence electrons. The van der Waals surface area contributed by atoms with Gasteiger partial charge in [-0.2, -0.15) is 13.2 Å². The minimum absolute atomic E-state index is 0.182. The fourth-order valence-corrected chi connectivity index (χ4v) is 3.18. The maximum Gasteiger partial charge on any atom is 0.422 e. The van der Waals surface area contributed by atoms with Crippen molar-refractivity contribution in [3.05, 3.63) is 65.2 Å². The summed E-state index contributed by atoms with van der Waals surface area (Å²) < 4.78 is 41.4. The van der Waals surface area contributed by atoms with Gasteiger partial charge < -0.3 is 15.2 Å². The van der Waals surface area contributed by atoms with Crippen molar-refractivity contribution in [3.63, 3.8) is 0 Å². The van der Waals surface area contributed by atoms with E-state index in [2.05, 4.69) is 5.32 Å². The minimum atomic E-state index is -4.35. The first-order valence-electron chi connectivity index (χ1n) is 8.16. The molecule has 0 saturated heterocycles. The van der Waals surface area contributed by atoms with Gasteiger partial charge in [0.1, 0.15) is 11.4 Å². The third-order valence-electron chi connectivity index (χ3n) is 4.37. The van der Waals surface area contributed by atoms with E-state index in [4.69, 9.17) is 4.74 Å². The number of nitrogens with one attached hydrogen (secondary N) is 1. The molecule has 2 aromatic rings. The summed E-state index contributed by atoms with van der Waals surface area (Å²) in [6.45, 7) is -0.480. The third kappa shape index (κ3) is 4.52. The molecule has 1 aliphatic carbocycles. The van der Waals surface area contributed by atoms with Gasteiger partial charge in [0.05, 0.1) is 0 Å². The smallest absolute Gasteiger partial charge is 0.422 e. The molecule has 0 heterocycles. The Labute approximate surface area is 144 Å². The molecule has 1 atom stereocenters. The van der Waals surface area contributed by atoms with Crippen molar-refractivity contribution in [2.45, 2.75) is 31.2 Å². The van der Waals surface area contributed by atoms with Crippen LogP contribution in [0.15, 0.2) is 48.5 Å². The predicted octanol–water partition coefficient (Wildman–Crippen LogP) is 3.55. The molecule has 1 unspecified atom stereocenters. The summed E-state index contributed by atoms with van der Waals surface area (Å²) in [7, 11) is 0. The van der Waals surface area contributed by atoms with Crippen LogP contribution in [0, 0.1) is 0 Å². The zero-order valence-electron chi connectivity index (χ0n) is 13.6. The Hall–Kier alpha value is -2.05. The summed E-state index contributed by atoms with van der Waals surface area (Å²) in [6, 6.07) is 14.4. The van der Waals surface area contributed by atoms with Crippen LogP contribution in [0.2, 0.25) is 0 Å². The van der Waals surface area contributed by atoms with Gasteiger partial charge in [0, 0.05) is 13.1 Å². The number of halogens is 3. The third-order valence-corrected chi connectivity index (χ3v) is 4.37. The molecule has 2 aromatic carbocycles. The lowest BCUT2D eigenvalue weighted by atomic mass is 9.96. The Balaban J connectivity index is 1.56. The van der Waals surface area contributed by atoms with Crippen LogP contribution in [0.4, 0.5) is 13.2 Å². The van der Waals surface area contributed by atoms with E-state index in [9.17, 15) is 18.3 Å². The van der Waals surface area contributed by atoms with Gasteiger partial charge in [-0.3, -0.25) is 0 Å². The molecular weight excluding hydrogens is 331 g/mol. The highest BCUT2D eigenvalue weighted by molar-refractivity contribution is 5.37. The van der Waals surface area contributed by atoms with Crippen LogP contribution in [0.1, 0.15) is 23.1 Å². The molecule has 0 spiro atoms. The zero-order valence-corrected chi connectivity index (χ0v) is 13.6. The summed E-state index contributed by atoms with van der Waals surface area (Å²) in [4.78, 5) is 0. The molecule has 6 heteroatoms. The molecule has 0 radical (unpaired) electrons. The lowest BCUT2D eigenvalue weighted by molar-refractivity contribution is -0.153. The summed E-state index contributed by atoms with van der Waals surface area (Å²) in [5, 5.41) is 14.0. The van der Waals surface area contributed by atoms with E-state index in [0.29, 0.717) is 19.5 Å². The Kier molecular flexibility index (Phi) is 5.01. The van der Waals surface area contributed by atoms with Gasteiger partial charge >= 0.3 is 6.18 Å². The van der Waals surface area contributed by atoms with Gasteiger partial charge in [-0.1, -0.05) is 36.4 Å². The average molecular weight is 351 g/mol. The van der Waals surface area contributed by atoms with Crippen molar-refractivity contribution in [1.82, 2.24) is 5.32 Å². The molecule has 3 rings (SSSR count). The Morgan fingerprint density at radius 3 is 2.72 bits per heavy atom. The van der Waals surface area contributed by atoms with Gasteiger partial charge in [0.2, 0.25) is 0 Å². The predicted molar refractivity (Wildman–Crippen MR) is 88.4 cm³/mol. The van der Waals surface area contributed by atoms with Crippen molar-refractivity contribution in [2.75, 3.05) is 13.2 Å². The topological polar surface area (TPSA) is 41.5 Å². The van der Waals surface area contributed by atoms with Crippen LogP contribution in [-0.4, -0.2) is 24.4 Å². The van der Waals surface area contributed by atoms with E-state index >= 15 is 0 Å². The highest BCUT2D eigenvalue weighted by Gasteiger charge is 2.35. The second-order valence-electron chi connectivity index (χ2n) is 6.34. The van der Waals surface area contributed by atoms with Crippen LogP contribution in [-0.2, 0) is 18.6 Å². The van der Waals surface area contributed by atoms with Crippen LogP contribution >= 0.6 is 0 Å². The first-order chi connectivity index (χ1) is 11.9. The van der Waals surface area contributed by atoms with E-state index in [-0.39, 0.29) is 5.75 Å². The van der Waals surface area contributed by atoms with Crippen LogP contribution in [0.3, 0.4) is 0 Å². The molecule has 0 bridgehead atoms. The lowest BCUT2D eigenvalue weighted by Crippen LogP contribution is -2.36. The maximum atomic E-state index is 12.2. The Morgan fingerprint density at radius 1 is 1.12 bits per heavy atom. The summed E-state index contributed by atoms with van der Waals surface area (Å²) in [5.41, 5.74) is 2.01. The number of benzene rings is 2. The molecular formula is C19H20F3NO2. The quantitative estimate of drug-likeness (QED) is 0.836. The number of hydrogen-bond acceptors (Lipinski definition) is 3. The molecule has 0 aliphatic heterocycles. The highest BCUT2D eigenvalue weighted by atomic mass is 19.4. The highest BCUT2D eigenvalue weighted by Crippen LogP contribution is 2.36. The molecule has 0 aromatic heterocycles. The van der Waals surface area contributed by atoms with Gasteiger partial charge in [-0.05, 0) is 41.7 Å². The fourth-order valence-electron chi connectivity index (χ4n) is 3.18. The number of rotatable bonds is 6. The van der Waals surface area contributed by atoms with E-state index in [1.807, 2.05) is 24.3 Å². The minimum Gasteiger partial charge on any atom is -0.484 e. The maximum absolute atomic E-state index is 12.2. The number of aryl methyl sites for hydroxylation is 1. The molecule has 0 amide bonds. The lowest BCUT2D eigenvalue weighted by Gasteiger charge is -2.24. The van der Waals surface area contributed by atoms with Crippen molar-refractivity contribution in [2.24, 2.45) is 0 Å². The van der Waals surface area contributed by atoms with Crippen molar-refractivity contribution >= 4 is 0 Å². The number of aliphatic hydroxyl groups is 1. The monoisotopic (exact) mass is 351 g/mol. The molecule has 25 heavy (non-hydrogen) atoms. The number of alkyl halides is 3. The fraction of sp³-hybridized carbons (Fsp3) is 0.368. The Bertz CT molecular complexity index is 733. The standard InChI is InChI=1S/C19H20F3NO2/c20-19(21,22)13-25-16-6-3-4-14(10-16)11-23-12-18(24)9-8-15-5-1-2-7-17(15)18/h1-7,10,23-24H,8-9,11-13H2. The largest absolute Gasteiger partial charge is 0.484 e. The van der Waals surface area contributed by atoms with E-state index in [1.165, 1.54) is 6.07 Å². The van der Waals surface area contributed by atoms with Crippen molar-refractivity contribution in [3.8, 4) is 5.75 Å². The van der Waals surface area contributed by atoms with Crippen molar-refractivity contribution < 1.29 is 23.0 Å². The zero-order chi connectivity index (χ0) is 17.9. The van der Waals surface area contributed by atoms with Crippen LogP contribution < -0.4 is 10.1 Å². The van der Waals surface area contributed by atoms with Gasteiger partial charge in [0.25, 0.3) is 0 Å². The SMILES string of the molecule is OC1(CNCc2cccc(OCC(F)(F)F)c2)CCc2ccccc21.